The van der Waals surface area contributed by atoms with Crippen LogP contribution in [-0.4, -0.2) is 16.7 Å². The molecular weight excluding hydrogens is 190 g/mol. The summed E-state index contributed by atoms with van der Waals surface area (Å²) in [4.78, 5) is 0. The molecule has 0 aliphatic heterocycles. The standard InChI is InChI=1S/C11H19N3O/c1-3-12-8(2)11-14-13-10(15-11)7-9-5-4-6-9/h8-9,12H,3-7H2,1-2H3. The molecule has 4 heteroatoms. The van der Waals surface area contributed by atoms with Crippen LogP contribution >= 0.6 is 0 Å². The molecule has 0 spiro atoms. The van der Waals surface area contributed by atoms with Gasteiger partial charge in [-0.2, -0.15) is 0 Å². The van der Waals surface area contributed by atoms with Crippen molar-refractivity contribution in [2.75, 3.05) is 6.54 Å². The molecule has 1 aliphatic rings. The second-order valence-corrected chi connectivity index (χ2v) is 4.31. The van der Waals surface area contributed by atoms with E-state index in [0.29, 0.717) is 5.89 Å². The van der Waals surface area contributed by atoms with Crippen LogP contribution in [0.4, 0.5) is 0 Å². The second kappa shape index (κ2) is 4.75. The third-order valence-corrected chi connectivity index (χ3v) is 3.05. The first kappa shape index (κ1) is 10.6. The van der Waals surface area contributed by atoms with E-state index in [2.05, 4.69) is 22.4 Å². The number of nitrogens with zero attached hydrogens (tertiary/aromatic N) is 2. The Kier molecular flexibility index (Phi) is 3.36. The lowest BCUT2D eigenvalue weighted by Gasteiger charge is -2.23. The summed E-state index contributed by atoms with van der Waals surface area (Å²) in [7, 11) is 0. The van der Waals surface area contributed by atoms with Crippen molar-refractivity contribution in [2.45, 2.75) is 45.6 Å². The summed E-state index contributed by atoms with van der Waals surface area (Å²) in [6.45, 7) is 5.04. The quantitative estimate of drug-likeness (QED) is 0.806. The van der Waals surface area contributed by atoms with E-state index < -0.39 is 0 Å². The first-order valence-corrected chi connectivity index (χ1v) is 5.85. The highest BCUT2D eigenvalue weighted by molar-refractivity contribution is 4.90. The largest absolute Gasteiger partial charge is 0.424 e. The Balaban J connectivity index is 1.90. The zero-order valence-electron chi connectivity index (χ0n) is 9.49. The molecular formula is C11H19N3O. The van der Waals surface area contributed by atoms with Gasteiger partial charge >= 0.3 is 0 Å². The van der Waals surface area contributed by atoms with Crippen LogP contribution in [0, 0.1) is 5.92 Å². The molecule has 0 amide bonds. The van der Waals surface area contributed by atoms with Crippen molar-refractivity contribution in [1.29, 1.82) is 0 Å². The molecule has 4 nitrogen and oxygen atoms in total. The van der Waals surface area contributed by atoms with E-state index in [1.807, 2.05) is 6.92 Å². The Hall–Kier alpha value is -0.900. The van der Waals surface area contributed by atoms with Crippen molar-refractivity contribution in [1.82, 2.24) is 15.5 Å². The summed E-state index contributed by atoms with van der Waals surface area (Å²) in [6.07, 6.45) is 4.96. The Morgan fingerprint density at radius 3 is 2.87 bits per heavy atom. The minimum Gasteiger partial charge on any atom is -0.424 e. The topological polar surface area (TPSA) is 51.0 Å². The Morgan fingerprint density at radius 1 is 1.47 bits per heavy atom. The smallest absolute Gasteiger partial charge is 0.233 e. The highest BCUT2D eigenvalue weighted by Gasteiger charge is 2.21. The minimum absolute atomic E-state index is 0.164. The van der Waals surface area contributed by atoms with Crippen molar-refractivity contribution in [3.8, 4) is 0 Å². The lowest BCUT2D eigenvalue weighted by Crippen LogP contribution is -2.17. The maximum absolute atomic E-state index is 5.62. The van der Waals surface area contributed by atoms with Crippen LogP contribution in [0.15, 0.2) is 4.42 Å². The molecule has 0 aromatic carbocycles. The van der Waals surface area contributed by atoms with E-state index in [9.17, 15) is 0 Å². The Morgan fingerprint density at radius 2 is 2.27 bits per heavy atom. The van der Waals surface area contributed by atoms with Gasteiger partial charge in [-0.1, -0.05) is 13.3 Å². The van der Waals surface area contributed by atoms with E-state index >= 15 is 0 Å². The van der Waals surface area contributed by atoms with Gasteiger partial charge in [0, 0.05) is 6.42 Å². The number of aromatic nitrogens is 2. The van der Waals surface area contributed by atoms with Gasteiger partial charge < -0.3 is 9.73 Å². The number of rotatable bonds is 5. The Bertz CT molecular complexity index is 307. The van der Waals surface area contributed by atoms with Crippen molar-refractivity contribution >= 4 is 0 Å². The fraction of sp³-hybridized carbons (Fsp3) is 0.818. The van der Waals surface area contributed by atoms with Gasteiger partial charge in [-0.05, 0) is 32.2 Å². The van der Waals surface area contributed by atoms with Gasteiger partial charge in [-0.3, -0.25) is 0 Å². The van der Waals surface area contributed by atoms with E-state index in [4.69, 9.17) is 4.42 Å². The Labute approximate surface area is 90.5 Å². The summed E-state index contributed by atoms with van der Waals surface area (Å²) in [6, 6.07) is 0.164. The molecule has 0 saturated heterocycles. The van der Waals surface area contributed by atoms with Gasteiger partial charge in [0.15, 0.2) is 0 Å². The van der Waals surface area contributed by atoms with E-state index in [1.54, 1.807) is 0 Å². The van der Waals surface area contributed by atoms with Crippen LogP contribution in [-0.2, 0) is 6.42 Å². The van der Waals surface area contributed by atoms with Gasteiger partial charge in [0.25, 0.3) is 0 Å². The van der Waals surface area contributed by atoms with Crippen molar-refractivity contribution in [3.05, 3.63) is 11.8 Å². The predicted molar refractivity (Wildman–Crippen MR) is 57.4 cm³/mol. The minimum atomic E-state index is 0.164. The molecule has 1 aromatic rings. The molecule has 1 fully saturated rings. The predicted octanol–water partition coefficient (Wildman–Crippen LogP) is 2.08. The molecule has 84 valence electrons. The normalized spacial score (nSPS) is 18.8. The zero-order valence-corrected chi connectivity index (χ0v) is 9.49. The highest BCUT2D eigenvalue weighted by Crippen LogP contribution is 2.29. The van der Waals surface area contributed by atoms with Crippen LogP contribution in [0.1, 0.15) is 50.9 Å². The number of nitrogens with one attached hydrogen (secondary N) is 1. The van der Waals surface area contributed by atoms with E-state index in [-0.39, 0.29) is 6.04 Å². The summed E-state index contributed by atoms with van der Waals surface area (Å²) >= 11 is 0. The fourth-order valence-corrected chi connectivity index (χ4v) is 1.86. The van der Waals surface area contributed by atoms with Gasteiger partial charge in [-0.15, -0.1) is 10.2 Å². The molecule has 1 unspecified atom stereocenters. The SMILES string of the molecule is CCNC(C)c1nnc(CC2CCC2)o1. The molecule has 1 heterocycles. The maximum atomic E-state index is 5.62. The number of hydrogen-bond acceptors (Lipinski definition) is 4. The van der Waals surface area contributed by atoms with Gasteiger partial charge in [-0.25, -0.2) is 0 Å². The van der Waals surface area contributed by atoms with Crippen LogP contribution in [0.5, 0.6) is 0 Å². The molecule has 0 bridgehead atoms. The molecule has 15 heavy (non-hydrogen) atoms. The van der Waals surface area contributed by atoms with Gasteiger partial charge in [0.1, 0.15) is 0 Å². The average molecular weight is 209 g/mol. The van der Waals surface area contributed by atoms with Crippen LogP contribution in [0.25, 0.3) is 0 Å². The van der Waals surface area contributed by atoms with Crippen molar-refractivity contribution in [3.63, 3.8) is 0 Å². The molecule has 1 aromatic heterocycles. The summed E-state index contributed by atoms with van der Waals surface area (Å²) < 4.78 is 5.62. The molecule has 2 rings (SSSR count). The van der Waals surface area contributed by atoms with Crippen molar-refractivity contribution < 1.29 is 4.42 Å². The molecule has 1 aliphatic carbocycles. The van der Waals surface area contributed by atoms with Crippen LogP contribution in [0.2, 0.25) is 0 Å². The third kappa shape index (κ3) is 2.56. The highest BCUT2D eigenvalue weighted by atomic mass is 16.4. The van der Waals surface area contributed by atoms with Crippen molar-refractivity contribution in [2.24, 2.45) is 5.92 Å². The molecule has 0 radical (unpaired) electrons. The number of hydrogen-bond donors (Lipinski definition) is 1. The molecule has 1 atom stereocenters. The zero-order chi connectivity index (χ0) is 10.7. The third-order valence-electron chi connectivity index (χ3n) is 3.05. The van der Waals surface area contributed by atoms with E-state index in [0.717, 1.165) is 24.8 Å². The van der Waals surface area contributed by atoms with Crippen LogP contribution in [0.3, 0.4) is 0 Å². The first-order chi connectivity index (χ1) is 7.29. The van der Waals surface area contributed by atoms with Gasteiger partial charge in [0.2, 0.25) is 11.8 Å². The fourth-order valence-electron chi connectivity index (χ4n) is 1.86. The second-order valence-electron chi connectivity index (χ2n) is 4.31. The summed E-state index contributed by atoms with van der Waals surface area (Å²) in [5.41, 5.74) is 0. The summed E-state index contributed by atoms with van der Waals surface area (Å²) in [5.74, 6) is 2.30. The monoisotopic (exact) mass is 209 g/mol. The molecule has 1 N–H and O–H groups in total. The lowest BCUT2D eigenvalue weighted by atomic mass is 9.83. The van der Waals surface area contributed by atoms with E-state index in [1.165, 1.54) is 19.3 Å². The summed E-state index contributed by atoms with van der Waals surface area (Å²) in [5, 5.41) is 11.4. The lowest BCUT2D eigenvalue weighted by molar-refractivity contribution is 0.283. The first-order valence-electron chi connectivity index (χ1n) is 5.85. The van der Waals surface area contributed by atoms with Crippen LogP contribution < -0.4 is 5.32 Å². The molecule has 1 saturated carbocycles. The maximum Gasteiger partial charge on any atom is 0.233 e. The van der Waals surface area contributed by atoms with Gasteiger partial charge in [0.05, 0.1) is 6.04 Å². The average Bonchev–Trinajstić information content (AvgIpc) is 2.60.